The second-order valence-electron chi connectivity index (χ2n) is 6.86. The van der Waals surface area contributed by atoms with Crippen molar-refractivity contribution in [1.29, 1.82) is 0 Å². The van der Waals surface area contributed by atoms with Crippen molar-refractivity contribution < 1.29 is 4.79 Å². The van der Waals surface area contributed by atoms with Crippen LogP contribution < -0.4 is 5.73 Å². The van der Waals surface area contributed by atoms with E-state index in [9.17, 15) is 4.79 Å². The standard InChI is InChI=1S/C14H27NO/c1-9-6-10(2)8-11(7-9)12(16)13(15)14(3,4)5/h9-11,13H,6-8,15H2,1-5H3. The molecule has 0 bridgehead atoms. The summed E-state index contributed by atoms with van der Waals surface area (Å²) in [5.74, 6) is 1.83. The van der Waals surface area contributed by atoms with Crippen molar-refractivity contribution in [1.82, 2.24) is 0 Å². The predicted octanol–water partition coefficient (Wildman–Crippen LogP) is 3.00. The monoisotopic (exact) mass is 225 g/mol. The van der Waals surface area contributed by atoms with Crippen LogP contribution in [0.4, 0.5) is 0 Å². The highest BCUT2D eigenvalue weighted by molar-refractivity contribution is 5.86. The van der Waals surface area contributed by atoms with Gasteiger partial charge in [-0.1, -0.05) is 34.6 Å². The average Bonchev–Trinajstić information content (AvgIpc) is 2.12. The van der Waals surface area contributed by atoms with Crippen LogP contribution >= 0.6 is 0 Å². The Labute approximate surface area is 100.0 Å². The van der Waals surface area contributed by atoms with Gasteiger partial charge in [-0.3, -0.25) is 4.79 Å². The molecule has 1 aliphatic rings. The molecular weight excluding hydrogens is 198 g/mol. The molecule has 2 heteroatoms. The Balaban J connectivity index is 2.67. The van der Waals surface area contributed by atoms with Crippen LogP contribution in [0.5, 0.6) is 0 Å². The van der Waals surface area contributed by atoms with Crippen LogP contribution in [0.3, 0.4) is 0 Å². The lowest BCUT2D eigenvalue weighted by atomic mass is 9.71. The Kier molecular flexibility index (Phi) is 4.17. The maximum Gasteiger partial charge on any atom is 0.153 e. The highest BCUT2D eigenvalue weighted by Crippen LogP contribution is 2.35. The zero-order chi connectivity index (χ0) is 12.5. The summed E-state index contributed by atoms with van der Waals surface area (Å²) in [6, 6.07) is -0.310. The normalized spacial score (nSPS) is 33.5. The fourth-order valence-corrected chi connectivity index (χ4v) is 2.86. The summed E-state index contributed by atoms with van der Waals surface area (Å²) in [4.78, 5) is 12.3. The first-order valence-corrected chi connectivity index (χ1v) is 6.51. The highest BCUT2D eigenvalue weighted by atomic mass is 16.1. The molecule has 94 valence electrons. The molecule has 0 aromatic heterocycles. The zero-order valence-electron chi connectivity index (χ0n) is 11.4. The van der Waals surface area contributed by atoms with Crippen molar-refractivity contribution in [3.8, 4) is 0 Å². The lowest BCUT2D eigenvalue weighted by Gasteiger charge is -2.35. The number of rotatable bonds is 2. The summed E-state index contributed by atoms with van der Waals surface area (Å²) in [6.45, 7) is 10.6. The molecule has 1 aliphatic carbocycles. The summed E-state index contributed by atoms with van der Waals surface area (Å²) in [7, 11) is 0. The topological polar surface area (TPSA) is 43.1 Å². The first kappa shape index (κ1) is 13.7. The predicted molar refractivity (Wildman–Crippen MR) is 68.1 cm³/mol. The van der Waals surface area contributed by atoms with Gasteiger partial charge in [-0.15, -0.1) is 0 Å². The Morgan fingerprint density at radius 3 is 1.94 bits per heavy atom. The van der Waals surface area contributed by atoms with Gasteiger partial charge in [0.2, 0.25) is 0 Å². The third-order valence-electron chi connectivity index (χ3n) is 3.82. The minimum Gasteiger partial charge on any atom is -0.321 e. The quantitative estimate of drug-likeness (QED) is 0.785. The Morgan fingerprint density at radius 2 is 1.56 bits per heavy atom. The van der Waals surface area contributed by atoms with E-state index in [0.29, 0.717) is 11.8 Å². The van der Waals surface area contributed by atoms with Gasteiger partial charge in [0.25, 0.3) is 0 Å². The van der Waals surface area contributed by atoms with Crippen LogP contribution in [0.25, 0.3) is 0 Å². The minimum atomic E-state index is -0.310. The van der Waals surface area contributed by atoms with Gasteiger partial charge in [0.15, 0.2) is 5.78 Å². The zero-order valence-corrected chi connectivity index (χ0v) is 11.4. The van der Waals surface area contributed by atoms with Crippen LogP contribution in [0.2, 0.25) is 0 Å². The average molecular weight is 225 g/mol. The van der Waals surface area contributed by atoms with Gasteiger partial charge in [-0.25, -0.2) is 0 Å². The molecule has 1 fully saturated rings. The summed E-state index contributed by atoms with van der Waals surface area (Å²) in [6.07, 6.45) is 3.33. The molecule has 0 heterocycles. The Bertz CT molecular complexity index is 244. The van der Waals surface area contributed by atoms with Crippen LogP contribution in [0.1, 0.15) is 53.9 Å². The molecule has 2 N–H and O–H groups in total. The maximum atomic E-state index is 12.3. The smallest absolute Gasteiger partial charge is 0.153 e. The molecule has 3 unspecified atom stereocenters. The van der Waals surface area contributed by atoms with Gasteiger partial charge >= 0.3 is 0 Å². The van der Waals surface area contributed by atoms with Crippen LogP contribution in [0, 0.1) is 23.2 Å². The van der Waals surface area contributed by atoms with Crippen LogP contribution in [-0.4, -0.2) is 11.8 Å². The third-order valence-corrected chi connectivity index (χ3v) is 3.82. The van der Waals surface area contributed by atoms with Gasteiger partial charge in [-0.05, 0) is 36.5 Å². The number of carbonyl (C=O) groups excluding carboxylic acids is 1. The summed E-state index contributed by atoms with van der Waals surface area (Å²) in [5, 5.41) is 0. The number of Topliss-reactive ketones (excluding diaryl/α,β-unsaturated/α-hetero) is 1. The third kappa shape index (κ3) is 3.31. The molecule has 2 nitrogen and oxygen atoms in total. The molecule has 3 atom stereocenters. The number of hydrogen-bond donors (Lipinski definition) is 1. The summed E-state index contributed by atoms with van der Waals surface area (Å²) in [5.41, 5.74) is 5.96. The number of carbonyl (C=O) groups is 1. The summed E-state index contributed by atoms with van der Waals surface area (Å²) >= 11 is 0. The van der Waals surface area contributed by atoms with Gasteiger partial charge < -0.3 is 5.73 Å². The molecule has 0 amide bonds. The van der Waals surface area contributed by atoms with E-state index in [1.165, 1.54) is 6.42 Å². The molecule has 0 spiro atoms. The van der Waals surface area contributed by atoms with Gasteiger partial charge in [-0.2, -0.15) is 0 Å². The second kappa shape index (κ2) is 4.87. The van der Waals surface area contributed by atoms with Crippen LogP contribution in [-0.2, 0) is 4.79 Å². The van der Waals surface area contributed by atoms with Crippen molar-refractivity contribution in [2.45, 2.75) is 59.9 Å². The molecule has 1 rings (SSSR count). The first-order valence-electron chi connectivity index (χ1n) is 6.51. The molecule has 0 aromatic rings. The van der Waals surface area contributed by atoms with E-state index in [0.717, 1.165) is 12.8 Å². The van der Waals surface area contributed by atoms with Gasteiger partial charge in [0, 0.05) is 5.92 Å². The van der Waals surface area contributed by atoms with Crippen molar-refractivity contribution >= 4 is 5.78 Å². The van der Waals surface area contributed by atoms with Gasteiger partial charge in [0.05, 0.1) is 6.04 Å². The lowest BCUT2D eigenvalue weighted by molar-refractivity contribution is -0.128. The Hall–Kier alpha value is -0.370. The van der Waals surface area contributed by atoms with Crippen molar-refractivity contribution in [3.05, 3.63) is 0 Å². The molecule has 1 saturated carbocycles. The van der Waals surface area contributed by atoms with Crippen molar-refractivity contribution in [2.24, 2.45) is 28.9 Å². The SMILES string of the molecule is CC1CC(C)CC(C(=O)C(N)C(C)(C)C)C1. The number of hydrogen-bond acceptors (Lipinski definition) is 2. The fraction of sp³-hybridized carbons (Fsp3) is 0.929. The largest absolute Gasteiger partial charge is 0.321 e. The number of ketones is 1. The van der Waals surface area contributed by atoms with E-state index in [1.54, 1.807) is 0 Å². The number of nitrogens with two attached hydrogens (primary N) is 1. The molecule has 0 saturated heterocycles. The van der Waals surface area contributed by atoms with Crippen molar-refractivity contribution in [3.63, 3.8) is 0 Å². The van der Waals surface area contributed by atoms with E-state index in [1.807, 2.05) is 20.8 Å². The summed E-state index contributed by atoms with van der Waals surface area (Å²) < 4.78 is 0. The van der Waals surface area contributed by atoms with E-state index in [2.05, 4.69) is 13.8 Å². The lowest BCUT2D eigenvalue weighted by Crippen LogP contribution is -2.46. The molecule has 0 radical (unpaired) electrons. The van der Waals surface area contributed by atoms with Crippen molar-refractivity contribution in [2.75, 3.05) is 0 Å². The second-order valence-corrected chi connectivity index (χ2v) is 6.86. The molecule has 0 aliphatic heterocycles. The molecular formula is C14H27NO. The minimum absolute atomic E-state index is 0.110. The fourth-order valence-electron chi connectivity index (χ4n) is 2.86. The van der Waals surface area contributed by atoms with E-state index in [4.69, 9.17) is 5.73 Å². The van der Waals surface area contributed by atoms with Crippen LogP contribution in [0.15, 0.2) is 0 Å². The molecule has 16 heavy (non-hydrogen) atoms. The van der Waals surface area contributed by atoms with Gasteiger partial charge in [0.1, 0.15) is 0 Å². The molecule has 0 aromatic carbocycles. The maximum absolute atomic E-state index is 12.3. The highest BCUT2D eigenvalue weighted by Gasteiger charge is 2.35. The van der Waals surface area contributed by atoms with E-state index in [-0.39, 0.29) is 23.2 Å². The van der Waals surface area contributed by atoms with E-state index >= 15 is 0 Å². The first-order chi connectivity index (χ1) is 7.21. The Morgan fingerprint density at radius 1 is 1.12 bits per heavy atom. The van der Waals surface area contributed by atoms with E-state index < -0.39 is 0 Å².